The molecule has 1 N–H and O–H groups in total. The second-order valence-corrected chi connectivity index (χ2v) is 4.29. The van der Waals surface area contributed by atoms with Crippen molar-refractivity contribution in [2.24, 2.45) is 0 Å². The maximum atomic E-state index is 9.79. The average Bonchev–Trinajstić information content (AvgIpc) is 2.88. The molecule has 1 heterocycles. The van der Waals surface area contributed by atoms with Crippen LogP contribution >= 0.6 is 15.9 Å². The van der Waals surface area contributed by atoms with Crippen molar-refractivity contribution in [2.75, 3.05) is 19.6 Å². The van der Waals surface area contributed by atoms with Gasteiger partial charge < -0.3 is 5.11 Å². The largest absolute Gasteiger partial charge is 0.387 e. The Morgan fingerprint density at radius 2 is 2.23 bits per heavy atom. The highest BCUT2D eigenvalue weighted by Crippen LogP contribution is 2.20. The van der Waals surface area contributed by atoms with Crippen molar-refractivity contribution in [3.63, 3.8) is 0 Å². The third-order valence-electron chi connectivity index (χ3n) is 2.20. The maximum absolute atomic E-state index is 9.79. The monoisotopic (exact) mass is 241 g/mol. The van der Waals surface area contributed by atoms with Crippen LogP contribution in [0.25, 0.3) is 0 Å². The molecule has 2 rings (SSSR count). The van der Waals surface area contributed by atoms with Crippen LogP contribution in [0.4, 0.5) is 0 Å². The second kappa shape index (κ2) is 3.78. The molecule has 0 spiro atoms. The first kappa shape index (κ1) is 9.19. The molecule has 0 saturated carbocycles. The predicted octanol–water partition coefficient (Wildman–Crippen LogP) is 1.80. The SMILES string of the molecule is OC(CN1CC1)c1cccc(Br)c1. The molecule has 1 fully saturated rings. The van der Waals surface area contributed by atoms with Gasteiger partial charge in [0.15, 0.2) is 0 Å². The van der Waals surface area contributed by atoms with E-state index in [-0.39, 0.29) is 6.10 Å². The molecule has 0 aromatic heterocycles. The Morgan fingerprint density at radius 3 is 2.85 bits per heavy atom. The lowest BCUT2D eigenvalue weighted by Crippen LogP contribution is -2.10. The molecule has 0 radical (unpaired) electrons. The van der Waals surface area contributed by atoms with E-state index >= 15 is 0 Å². The van der Waals surface area contributed by atoms with E-state index in [4.69, 9.17) is 0 Å². The molecule has 70 valence electrons. The van der Waals surface area contributed by atoms with Crippen LogP contribution < -0.4 is 0 Å². The Hall–Kier alpha value is -0.380. The number of hydrogen-bond acceptors (Lipinski definition) is 2. The molecule has 1 unspecified atom stereocenters. The summed E-state index contributed by atoms with van der Waals surface area (Å²) < 4.78 is 1.02. The summed E-state index contributed by atoms with van der Waals surface area (Å²) in [5, 5.41) is 9.79. The van der Waals surface area contributed by atoms with Gasteiger partial charge in [0.05, 0.1) is 6.10 Å². The molecule has 1 aromatic carbocycles. The molecule has 3 heteroatoms. The molecule has 2 nitrogen and oxygen atoms in total. The van der Waals surface area contributed by atoms with Crippen LogP contribution in [0.5, 0.6) is 0 Å². The van der Waals surface area contributed by atoms with Gasteiger partial charge in [0.25, 0.3) is 0 Å². The molecule has 0 amide bonds. The molecule has 1 aromatic rings. The number of rotatable bonds is 3. The summed E-state index contributed by atoms with van der Waals surface area (Å²) in [5.41, 5.74) is 0.987. The number of aliphatic hydroxyl groups excluding tert-OH is 1. The number of aliphatic hydroxyl groups is 1. The van der Waals surface area contributed by atoms with Gasteiger partial charge in [-0.3, -0.25) is 4.90 Å². The smallest absolute Gasteiger partial charge is 0.0917 e. The van der Waals surface area contributed by atoms with Crippen LogP contribution in [0.15, 0.2) is 28.7 Å². The summed E-state index contributed by atoms with van der Waals surface area (Å²) in [6, 6.07) is 7.84. The fourth-order valence-corrected chi connectivity index (χ4v) is 1.73. The van der Waals surface area contributed by atoms with Gasteiger partial charge in [0.2, 0.25) is 0 Å². The van der Waals surface area contributed by atoms with Crippen LogP contribution in [-0.2, 0) is 0 Å². The number of hydrogen-bond donors (Lipinski definition) is 1. The van der Waals surface area contributed by atoms with Crippen LogP contribution in [0, 0.1) is 0 Å². The second-order valence-electron chi connectivity index (χ2n) is 3.37. The third kappa shape index (κ3) is 2.53. The van der Waals surface area contributed by atoms with Crippen molar-refractivity contribution < 1.29 is 5.11 Å². The van der Waals surface area contributed by atoms with Crippen molar-refractivity contribution in [1.82, 2.24) is 4.90 Å². The Balaban J connectivity index is 2.04. The summed E-state index contributed by atoms with van der Waals surface area (Å²) in [4.78, 5) is 2.21. The van der Waals surface area contributed by atoms with Crippen LogP contribution in [0.2, 0.25) is 0 Å². The molecular formula is C10H12BrNO. The Bertz CT molecular complexity index is 299. The van der Waals surface area contributed by atoms with Gasteiger partial charge >= 0.3 is 0 Å². The van der Waals surface area contributed by atoms with Crippen LogP contribution in [0.3, 0.4) is 0 Å². The van der Waals surface area contributed by atoms with Gasteiger partial charge in [-0.25, -0.2) is 0 Å². The maximum Gasteiger partial charge on any atom is 0.0917 e. The summed E-state index contributed by atoms with van der Waals surface area (Å²) >= 11 is 3.39. The minimum absolute atomic E-state index is 0.347. The van der Waals surface area contributed by atoms with Crippen molar-refractivity contribution >= 4 is 15.9 Å². The lowest BCUT2D eigenvalue weighted by atomic mass is 10.1. The molecule has 1 atom stereocenters. The highest BCUT2D eigenvalue weighted by molar-refractivity contribution is 9.10. The summed E-state index contributed by atoms with van der Waals surface area (Å²) in [6.45, 7) is 3.02. The van der Waals surface area contributed by atoms with Crippen molar-refractivity contribution in [1.29, 1.82) is 0 Å². The Labute approximate surface area is 86.3 Å². The van der Waals surface area contributed by atoms with Crippen molar-refractivity contribution in [3.8, 4) is 0 Å². The van der Waals surface area contributed by atoms with Gasteiger partial charge in [-0.15, -0.1) is 0 Å². The first-order valence-corrected chi connectivity index (χ1v) is 5.21. The molecule has 13 heavy (non-hydrogen) atoms. The quantitative estimate of drug-likeness (QED) is 0.817. The Kier molecular flexibility index (Phi) is 2.67. The van der Waals surface area contributed by atoms with Crippen LogP contribution in [-0.4, -0.2) is 29.6 Å². The standard InChI is InChI=1S/C10H12BrNO/c11-9-3-1-2-8(6-9)10(13)7-12-4-5-12/h1-3,6,10,13H,4-5,7H2. The fourth-order valence-electron chi connectivity index (χ4n) is 1.32. The highest BCUT2D eigenvalue weighted by Gasteiger charge is 2.21. The number of halogens is 1. The Morgan fingerprint density at radius 1 is 1.46 bits per heavy atom. The summed E-state index contributed by atoms with van der Waals surface area (Å²) in [5.74, 6) is 0. The first-order valence-electron chi connectivity index (χ1n) is 4.41. The van der Waals surface area contributed by atoms with Gasteiger partial charge in [-0.1, -0.05) is 28.1 Å². The van der Waals surface area contributed by atoms with Gasteiger partial charge in [-0.05, 0) is 17.7 Å². The summed E-state index contributed by atoms with van der Waals surface area (Å²) in [6.07, 6.45) is -0.347. The molecular weight excluding hydrogens is 230 g/mol. The predicted molar refractivity (Wildman–Crippen MR) is 55.5 cm³/mol. The van der Waals surface area contributed by atoms with Gasteiger partial charge in [0, 0.05) is 24.1 Å². The fraction of sp³-hybridized carbons (Fsp3) is 0.400. The van der Waals surface area contributed by atoms with Crippen molar-refractivity contribution in [3.05, 3.63) is 34.3 Å². The van der Waals surface area contributed by atoms with E-state index in [0.29, 0.717) is 0 Å². The van der Waals surface area contributed by atoms with E-state index in [1.165, 1.54) is 0 Å². The molecule has 0 bridgehead atoms. The molecule has 1 saturated heterocycles. The zero-order valence-corrected chi connectivity index (χ0v) is 8.87. The topological polar surface area (TPSA) is 23.2 Å². The summed E-state index contributed by atoms with van der Waals surface area (Å²) in [7, 11) is 0. The zero-order valence-electron chi connectivity index (χ0n) is 7.28. The number of β-amino-alcohol motifs (C(OH)–C–C–N with tert-alkyl or cyclic N) is 1. The lowest BCUT2D eigenvalue weighted by molar-refractivity contribution is 0.156. The number of benzene rings is 1. The lowest BCUT2D eigenvalue weighted by Gasteiger charge is -2.11. The minimum Gasteiger partial charge on any atom is -0.387 e. The first-order chi connectivity index (χ1) is 6.25. The zero-order chi connectivity index (χ0) is 9.26. The van der Waals surface area contributed by atoms with E-state index in [0.717, 1.165) is 29.7 Å². The van der Waals surface area contributed by atoms with Crippen molar-refractivity contribution in [2.45, 2.75) is 6.10 Å². The third-order valence-corrected chi connectivity index (χ3v) is 2.70. The van der Waals surface area contributed by atoms with E-state index in [9.17, 15) is 5.11 Å². The molecule has 1 aliphatic rings. The normalized spacial score (nSPS) is 18.6. The van der Waals surface area contributed by atoms with Gasteiger partial charge in [0.1, 0.15) is 0 Å². The van der Waals surface area contributed by atoms with E-state index in [1.807, 2.05) is 24.3 Å². The van der Waals surface area contributed by atoms with Gasteiger partial charge in [-0.2, -0.15) is 0 Å². The molecule has 0 aliphatic carbocycles. The molecule has 1 aliphatic heterocycles. The van der Waals surface area contributed by atoms with E-state index < -0.39 is 0 Å². The average molecular weight is 242 g/mol. The van der Waals surface area contributed by atoms with E-state index in [2.05, 4.69) is 20.8 Å². The van der Waals surface area contributed by atoms with Crippen LogP contribution in [0.1, 0.15) is 11.7 Å². The number of nitrogens with zero attached hydrogens (tertiary/aromatic N) is 1. The minimum atomic E-state index is -0.347. The highest BCUT2D eigenvalue weighted by atomic mass is 79.9. The van der Waals surface area contributed by atoms with E-state index in [1.54, 1.807) is 0 Å².